The van der Waals surface area contributed by atoms with Crippen LogP contribution in [0.2, 0.25) is 0 Å². The van der Waals surface area contributed by atoms with Gasteiger partial charge in [-0.2, -0.15) is 0 Å². The minimum absolute atomic E-state index is 0.406. The molecule has 4 nitrogen and oxygen atoms in total. The average Bonchev–Trinajstić information content (AvgIpc) is 2.55. The van der Waals surface area contributed by atoms with Crippen LogP contribution in [-0.2, 0) is 0 Å². The second-order valence-electron chi connectivity index (χ2n) is 5.42. The van der Waals surface area contributed by atoms with Gasteiger partial charge in [-0.05, 0) is 54.4 Å². The first-order valence-electron chi connectivity index (χ1n) is 7.58. The number of primary amides is 1. The zero-order chi connectivity index (χ0) is 16.8. The van der Waals surface area contributed by atoms with Crippen LogP contribution in [0.15, 0.2) is 48.5 Å². The molecule has 2 rings (SSSR count). The molecular formula is C18H21N3OS. The number of anilines is 2. The van der Waals surface area contributed by atoms with E-state index < -0.39 is 5.91 Å². The Labute approximate surface area is 142 Å². The van der Waals surface area contributed by atoms with Crippen molar-refractivity contribution in [1.82, 2.24) is 0 Å². The van der Waals surface area contributed by atoms with Crippen LogP contribution in [0.1, 0.15) is 42.1 Å². The molecule has 1 amide bonds. The molecule has 120 valence electrons. The molecule has 2 aromatic carbocycles. The Hall–Kier alpha value is -2.40. The van der Waals surface area contributed by atoms with Crippen LogP contribution >= 0.6 is 12.2 Å². The van der Waals surface area contributed by atoms with Crippen LogP contribution in [0.25, 0.3) is 0 Å². The summed E-state index contributed by atoms with van der Waals surface area (Å²) in [7, 11) is 0. The van der Waals surface area contributed by atoms with Gasteiger partial charge in [0.2, 0.25) is 0 Å². The fraction of sp³-hybridized carbons (Fsp3) is 0.222. The summed E-state index contributed by atoms with van der Waals surface area (Å²) in [6, 6.07) is 15.2. The summed E-state index contributed by atoms with van der Waals surface area (Å²) in [5, 5.41) is 6.53. The summed E-state index contributed by atoms with van der Waals surface area (Å²) >= 11 is 5.30. The number of para-hydroxylation sites is 1. The maximum atomic E-state index is 11.4. The Morgan fingerprint density at radius 1 is 1.13 bits per heavy atom. The van der Waals surface area contributed by atoms with Crippen LogP contribution in [0.3, 0.4) is 0 Å². The summed E-state index contributed by atoms with van der Waals surface area (Å²) in [5.74, 6) is 0.0466. The molecule has 0 saturated carbocycles. The molecule has 0 saturated heterocycles. The van der Waals surface area contributed by atoms with Gasteiger partial charge in [0.05, 0.1) is 11.3 Å². The van der Waals surface area contributed by atoms with E-state index in [1.54, 1.807) is 18.2 Å². The molecular weight excluding hydrogens is 306 g/mol. The van der Waals surface area contributed by atoms with Crippen LogP contribution in [-0.4, -0.2) is 11.0 Å². The molecule has 0 aliphatic rings. The quantitative estimate of drug-likeness (QED) is 0.723. The number of nitrogens with one attached hydrogen (secondary N) is 2. The van der Waals surface area contributed by atoms with Crippen molar-refractivity contribution in [2.45, 2.75) is 26.2 Å². The van der Waals surface area contributed by atoms with Crippen molar-refractivity contribution in [1.29, 1.82) is 0 Å². The lowest BCUT2D eigenvalue weighted by atomic mass is 9.99. The van der Waals surface area contributed by atoms with E-state index in [0.717, 1.165) is 12.1 Å². The predicted octanol–water partition coefficient (Wildman–Crippen LogP) is 4.11. The normalized spacial score (nSPS) is 11.6. The minimum atomic E-state index is -0.492. The smallest absolute Gasteiger partial charge is 0.250 e. The van der Waals surface area contributed by atoms with Crippen molar-refractivity contribution in [2.75, 3.05) is 10.6 Å². The third kappa shape index (κ3) is 4.53. The van der Waals surface area contributed by atoms with Crippen molar-refractivity contribution >= 4 is 34.6 Å². The second kappa shape index (κ2) is 7.74. The third-order valence-corrected chi connectivity index (χ3v) is 3.99. The monoisotopic (exact) mass is 327 g/mol. The molecule has 0 heterocycles. The Morgan fingerprint density at radius 2 is 1.78 bits per heavy atom. The van der Waals surface area contributed by atoms with Crippen LogP contribution in [0, 0.1) is 0 Å². The molecule has 0 aromatic heterocycles. The Morgan fingerprint density at radius 3 is 2.39 bits per heavy atom. The van der Waals surface area contributed by atoms with Crippen LogP contribution < -0.4 is 16.4 Å². The molecule has 0 aliphatic carbocycles. The summed E-state index contributed by atoms with van der Waals surface area (Å²) in [6.07, 6.45) is 1.11. The SMILES string of the molecule is CCC(C)c1ccc(NC(=S)Nc2ccccc2C(N)=O)cc1. The van der Waals surface area contributed by atoms with Crippen molar-refractivity contribution in [3.63, 3.8) is 0 Å². The molecule has 0 spiro atoms. The first-order chi connectivity index (χ1) is 11.0. The zero-order valence-corrected chi connectivity index (χ0v) is 14.1. The molecule has 0 aliphatic heterocycles. The number of nitrogens with two attached hydrogens (primary N) is 1. The molecule has 0 fully saturated rings. The molecule has 5 heteroatoms. The highest BCUT2D eigenvalue weighted by Crippen LogP contribution is 2.21. The highest BCUT2D eigenvalue weighted by atomic mass is 32.1. The molecule has 1 atom stereocenters. The van der Waals surface area contributed by atoms with E-state index in [-0.39, 0.29) is 0 Å². The summed E-state index contributed by atoms with van der Waals surface area (Å²) in [4.78, 5) is 11.4. The lowest BCUT2D eigenvalue weighted by molar-refractivity contribution is 0.100. The van der Waals surface area contributed by atoms with E-state index in [4.69, 9.17) is 18.0 Å². The predicted molar refractivity (Wildman–Crippen MR) is 100.0 cm³/mol. The number of benzene rings is 2. The van der Waals surface area contributed by atoms with Gasteiger partial charge < -0.3 is 16.4 Å². The maximum absolute atomic E-state index is 11.4. The van der Waals surface area contributed by atoms with Crippen molar-refractivity contribution in [2.24, 2.45) is 5.73 Å². The van der Waals surface area contributed by atoms with Gasteiger partial charge in [0.1, 0.15) is 0 Å². The van der Waals surface area contributed by atoms with Crippen molar-refractivity contribution < 1.29 is 4.79 Å². The van der Waals surface area contributed by atoms with E-state index in [2.05, 4.69) is 36.6 Å². The van der Waals surface area contributed by atoms with E-state index in [1.165, 1.54) is 5.56 Å². The van der Waals surface area contributed by atoms with Crippen LogP contribution in [0.4, 0.5) is 11.4 Å². The number of hydrogen-bond donors (Lipinski definition) is 3. The third-order valence-electron chi connectivity index (χ3n) is 3.79. The first kappa shape index (κ1) is 17.0. The number of rotatable bonds is 5. The first-order valence-corrected chi connectivity index (χ1v) is 7.99. The number of thiocarbonyl (C=S) groups is 1. The highest BCUT2D eigenvalue weighted by Gasteiger charge is 2.08. The highest BCUT2D eigenvalue weighted by molar-refractivity contribution is 7.80. The fourth-order valence-electron chi connectivity index (χ4n) is 2.22. The van der Waals surface area contributed by atoms with Gasteiger partial charge in [0, 0.05) is 5.69 Å². The zero-order valence-electron chi connectivity index (χ0n) is 13.3. The number of amides is 1. The maximum Gasteiger partial charge on any atom is 0.250 e. The summed E-state index contributed by atoms with van der Waals surface area (Å²) < 4.78 is 0. The van der Waals surface area contributed by atoms with E-state index in [1.807, 2.05) is 18.2 Å². The van der Waals surface area contributed by atoms with Gasteiger partial charge in [-0.3, -0.25) is 4.79 Å². The minimum Gasteiger partial charge on any atom is -0.366 e. The van der Waals surface area contributed by atoms with Gasteiger partial charge in [0.15, 0.2) is 5.11 Å². The molecule has 4 N–H and O–H groups in total. The number of hydrogen-bond acceptors (Lipinski definition) is 2. The number of carbonyl (C=O) groups excluding carboxylic acids is 1. The Kier molecular flexibility index (Phi) is 5.71. The Balaban J connectivity index is 2.04. The van der Waals surface area contributed by atoms with E-state index >= 15 is 0 Å². The lowest BCUT2D eigenvalue weighted by Crippen LogP contribution is -2.22. The van der Waals surface area contributed by atoms with Gasteiger partial charge in [-0.15, -0.1) is 0 Å². The number of carbonyl (C=O) groups is 1. The van der Waals surface area contributed by atoms with Gasteiger partial charge in [-0.25, -0.2) is 0 Å². The lowest BCUT2D eigenvalue weighted by Gasteiger charge is -2.14. The summed E-state index contributed by atoms with van der Waals surface area (Å²) in [5.41, 5.74) is 8.55. The standard InChI is InChI=1S/C18H21N3OS/c1-3-12(2)13-8-10-14(11-9-13)20-18(23)21-16-7-5-4-6-15(16)17(19)22/h4-12H,3H2,1-2H3,(H2,19,22)(H2,20,21,23). The molecule has 1 unspecified atom stereocenters. The van der Waals surface area contributed by atoms with Gasteiger partial charge >= 0.3 is 0 Å². The fourth-order valence-corrected chi connectivity index (χ4v) is 2.45. The van der Waals surface area contributed by atoms with E-state index in [0.29, 0.717) is 22.3 Å². The van der Waals surface area contributed by atoms with E-state index in [9.17, 15) is 4.79 Å². The van der Waals surface area contributed by atoms with Gasteiger partial charge in [0.25, 0.3) is 5.91 Å². The van der Waals surface area contributed by atoms with Crippen molar-refractivity contribution in [3.8, 4) is 0 Å². The van der Waals surface area contributed by atoms with Crippen LogP contribution in [0.5, 0.6) is 0 Å². The Bertz CT molecular complexity index is 698. The molecule has 2 aromatic rings. The van der Waals surface area contributed by atoms with Gasteiger partial charge in [-0.1, -0.05) is 38.1 Å². The molecule has 0 bridgehead atoms. The topological polar surface area (TPSA) is 67.2 Å². The molecule has 0 radical (unpaired) electrons. The second-order valence-corrected chi connectivity index (χ2v) is 5.83. The summed E-state index contributed by atoms with van der Waals surface area (Å²) in [6.45, 7) is 4.38. The molecule has 23 heavy (non-hydrogen) atoms. The van der Waals surface area contributed by atoms with Crippen molar-refractivity contribution in [3.05, 3.63) is 59.7 Å². The largest absolute Gasteiger partial charge is 0.366 e. The average molecular weight is 327 g/mol.